The molecule has 0 spiro atoms. The van der Waals surface area contributed by atoms with Crippen LogP contribution >= 0.6 is 0 Å². The first-order valence-electron chi connectivity index (χ1n) is 7.93. The number of rotatable bonds is 12. The molecule has 0 fully saturated rings. The molecular formula is C16H33NO. The molecule has 1 amide bonds. The van der Waals surface area contributed by atoms with Crippen LogP contribution in [-0.2, 0) is 4.79 Å². The third-order valence-corrected chi connectivity index (χ3v) is 3.30. The molecule has 0 saturated carbocycles. The van der Waals surface area contributed by atoms with E-state index < -0.39 is 0 Å². The van der Waals surface area contributed by atoms with Crippen molar-refractivity contribution >= 4 is 5.91 Å². The van der Waals surface area contributed by atoms with E-state index in [1.165, 1.54) is 44.9 Å². The highest BCUT2D eigenvalue weighted by Crippen LogP contribution is 2.08. The van der Waals surface area contributed by atoms with Gasteiger partial charge in [0.2, 0.25) is 5.91 Å². The largest absolute Gasteiger partial charge is 0.356 e. The van der Waals surface area contributed by atoms with Crippen LogP contribution < -0.4 is 5.32 Å². The van der Waals surface area contributed by atoms with Gasteiger partial charge in [0, 0.05) is 13.0 Å². The molecule has 2 nitrogen and oxygen atoms in total. The van der Waals surface area contributed by atoms with Crippen LogP contribution in [0.5, 0.6) is 0 Å². The van der Waals surface area contributed by atoms with Crippen LogP contribution in [0.25, 0.3) is 0 Å². The van der Waals surface area contributed by atoms with Gasteiger partial charge in [0.05, 0.1) is 0 Å². The fourth-order valence-electron chi connectivity index (χ4n) is 1.99. The molecule has 1 N–H and O–H groups in total. The summed E-state index contributed by atoms with van der Waals surface area (Å²) in [6.45, 7) is 7.44. The fraction of sp³-hybridized carbons (Fsp3) is 0.938. The Kier molecular flexibility index (Phi) is 12.5. The van der Waals surface area contributed by atoms with Crippen LogP contribution in [-0.4, -0.2) is 12.5 Å². The summed E-state index contributed by atoms with van der Waals surface area (Å²) in [5.41, 5.74) is 0. The molecule has 0 aliphatic carbocycles. The van der Waals surface area contributed by atoms with E-state index >= 15 is 0 Å². The van der Waals surface area contributed by atoms with Gasteiger partial charge < -0.3 is 5.32 Å². The summed E-state index contributed by atoms with van der Waals surface area (Å²) in [7, 11) is 0. The fourth-order valence-corrected chi connectivity index (χ4v) is 1.99. The Labute approximate surface area is 114 Å². The minimum absolute atomic E-state index is 0.228. The molecule has 2 heteroatoms. The van der Waals surface area contributed by atoms with Crippen molar-refractivity contribution in [2.75, 3.05) is 6.54 Å². The summed E-state index contributed by atoms with van der Waals surface area (Å²) in [5, 5.41) is 3.01. The van der Waals surface area contributed by atoms with E-state index in [4.69, 9.17) is 0 Å². The highest BCUT2D eigenvalue weighted by Gasteiger charge is 2.02. The Balaban J connectivity index is 3.12. The van der Waals surface area contributed by atoms with Gasteiger partial charge in [0.1, 0.15) is 0 Å². The molecule has 18 heavy (non-hydrogen) atoms. The molecule has 108 valence electrons. The first-order valence-corrected chi connectivity index (χ1v) is 7.93. The Hall–Kier alpha value is -0.530. The van der Waals surface area contributed by atoms with Gasteiger partial charge in [0.25, 0.3) is 0 Å². The van der Waals surface area contributed by atoms with Crippen LogP contribution in [0.2, 0.25) is 0 Å². The molecule has 0 aliphatic rings. The standard InChI is InChI=1S/C16H33NO/c1-4-5-6-7-8-9-10-11-14-17-16(18)13-12-15(2)3/h15H,4-14H2,1-3H3,(H,17,18). The predicted octanol–water partition coefficient (Wildman–Crippen LogP) is 4.68. The van der Waals surface area contributed by atoms with Crippen LogP contribution in [0.3, 0.4) is 0 Å². The molecule has 0 heterocycles. The predicted molar refractivity (Wildman–Crippen MR) is 79.7 cm³/mol. The molecule has 0 unspecified atom stereocenters. The summed E-state index contributed by atoms with van der Waals surface area (Å²) >= 11 is 0. The second-order valence-electron chi connectivity index (χ2n) is 5.76. The van der Waals surface area contributed by atoms with E-state index in [0.717, 1.165) is 19.4 Å². The lowest BCUT2D eigenvalue weighted by Crippen LogP contribution is -2.24. The van der Waals surface area contributed by atoms with Crippen LogP contribution in [0, 0.1) is 5.92 Å². The number of unbranched alkanes of at least 4 members (excludes halogenated alkanes) is 7. The minimum atomic E-state index is 0.228. The van der Waals surface area contributed by atoms with Crippen molar-refractivity contribution in [3.8, 4) is 0 Å². The van der Waals surface area contributed by atoms with E-state index in [-0.39, 0.29) is 5.91 Å². The topological polar surface area (TPSA) is 29.1 Å². The lowest BCUT2D eigenvalue weighted by molar-refractivity contribution is -0.121. The van der Waals surface area contributed by atoms with Crippen LogP contribution in [0.15, 0.2) is 0 Å². The maximum Gasteiger partial charge on any atom is 0.220 e. The zero-order valence-electron chi connectivity index (χ0n) is 12.8. The number of nitrogens with one attached hydrogen (secondary N) is 1. The zero-order valence-corrected chi connectivity index (χ0v) is 12.8. The molecule has 0 rings (SSSR count). The second kappa shape index (κ2) is 12.9. The van der Waals surface area contributed by atoms with Crippen molar-refractivity contribution in [3.63, 3.8) is 0 Å². The minimum Gasteiger partial charge on any atom is -0.356 e. The zero-order chi connectivity index (χ0) is 13.6. The molecule has 0 bridgehead atoms. The number of hydrogen-bond acceptors (Lipinski definition) is 1. The normalized spacial score (nSPS) is 10.9. The van der Waals surface area contributed by atoms with Crippen molar-refractivity contribution in [2.24, 2.45) is 5.92 Å². The molecular weight excluding hydrogens is 222 g/mol. The third-order valence-electron chi connectivity index (χ3n) is 3.30. The summed E-state index contributed by atoms with van der Waals surface area (Å²) in [4.78, 5) is 11.4. The van der Waals surface area contributed by atoms with Gasteiger partial charge in [-0.15, -0.1) is 0 Å². The van der Waals surface area contributed by atoms with Crippen LogP contribution in [0.4, 0.5) is 0 Å². The highest BCUT2D eigenvalue weighted by atomic mass is 16.1. The van der Waals surface area contributed by atoms with Gasteiger partial charge in [-0.1, -0.05) is 65.7 Å². The quantitative estimate of drug-likeness (QED) is 0.504. The molecule has 0 atom stereocenters. The first kappa shape index (κ1) is 17.5. The molecule has 0 radical (unpaired) electrons. The summed E-state index contributed by atoms with van der Waals surface area (Å²) in [5.74, 6) is 0.852. The van der Waals surface area contributed by atoms with Crippen molar-refractivity contribution in [3.05, 3.63) is 0 Å². The van der Waals surface area contributed by atoms with Crippen molar-refractivity contribution in [2.45, 2.75) is 85.0 Å². The van der Waals surface area contributed by atoms with E-state index in [1.54, 1.807) is 0 Å². The molecule has 0 aliphatic heterocycles. The van der Waals surface area contributed by atoms with Gasteiger partial charge >= 0.3 is 0 Å². The van der Waals surface area contributed by atoms with Gasteiger partial charge in [0.15, 0.2) is 0 Å². The average Bonchev–Trinajstić information content (AvgIpc) is 2.34. The van der Waals surface area contributed by atoms with Crippen molar-refractivity contribution < 1.29 is 4.79 Å². The van der Waals surface area contributed by atoms with Gasteiger partial charge in [-0.25, -0.2) is 0 Å². The maximum atomic E-state index is 11.4. The SMILES string of the molecule is CCCCCCCCCCNC(=O)CCC(C)C. The third kappa shape index (κ3) is 13.5. The highest BCUT2D eigenvalue weighted by molar-refractivity contribution is 5.75. The number of amides is 1. The van der Waals surface area contributed by atoms with Gasteiger partial charge in [-0.3, -0.25) is 4.79 Å². The van der Waals surface area contributed by atoms with E-state index in [0.29, 0.717) is 12.3 Å². The smallest absolute Gasteiger partial charge is 0.220 e. The average molecular weight is 255 g/mol. The Morgan fingerprint density at radius 3 is 2.06 bits per heavy atom. The van der Waals surface area contributed by atoms with E-state index in [9.17, 15) is 4.79 Å². The number of hydrogen-bond donors (Lipinski definition) is 1. The monoisotopic (exact) mass is 255 g/mol. The number of carbonyl (C=O) groups is 1. The molecule has 0 aromatic rings. The first-order chi connectivity index (χ1) is 8.66. The summed E-state index contributed by atoms with van der Waals surface area (Å²) < 4.78 is 0. The van der Waals surface area contributed by atoms with Gasteiger partial charge in [-0.05, 0) is 18.8 Å². The Morgan fingerprint density at radius 1 is 0.944 bits per heavy atom. The Morgan fingerprint density at radius 2 is 1.50 bits per heavy atom. The van der Waals surface area contributed by atoms with Crippen molar-refractivity contribution in [1.82, 2.24) is 5.32 Å². The van der Waals surface area contributed by atoms with Crippen LogP contribution in [0.1, 0.15) is 85.0 Å². The lowest BCUT2D eigenvalue weighted by atomic mass is 10.1. The molecule has 0 aromatic carbocycles. The second-order valence-corrected chi connectivity index (χ2v) is 5.76. The Bertz CT molecular complexity index is 190. The van der Waals surface area contributed by atoms with Crippen molar-refractivity contribution in [1.29, 1.82) is 0 Å². The van der Waals surface area contributed by atoms with E-state index in [1.807, 2.05) is 0 Å². The maximum absolute atomic E-state index is 11.4. The summed E-state index contributed by atoms with van der Waals surface area (Å²) in [6.07, 6.45) is 12.3. The molecule has 0 aromatic heterocycles. The van der Waals surface area contributed by atoms with E-state index in [2.05, 4.69) is 26.1 Å². The summed E-state index contributed by atoms with van der Waals surface area (Å²) in [6, 6.07) is 0. The molecule has 0 saturated heterocycles. The number of carbonyl (C=O) groups excluding carboxylic acids is 1. The van der Waals surface area contributed by atoms with Gasteiger partial charge in [-0.2, -0.15) is 0 Å². The lowest BCUT2D eigenvalue weighted by Gasteiger charge is -2.06.